The average Bonchev–Trinajstić information content (AvgIpc) is 2.76. The van der Waals surface area contributed by atoms with Crippen molar-refractivity contribution in [3.8, 4) is 0 Å². The first-order chi connectivity index (χ1) is 9.50. The second kappa shape index (κ2) is 6.66. The summed E-state index contributed by atoms with van der Waals surface area (Å²) in [5, 5.41) is 6.90. The number of ether oxygens (including phenoxy) is 1. The van der Waals surface area contributed by atoms with Gasteiger partial charge in [-0.25, -0.2) is 13.1 Å². The Kier molecular flexibility index (Phi) is 5.14. The van der Waals surface area contributed by atoms with Gasteiger partial charge in [0.15, 0.2) is 5.76 Å². The average molecular weight is 303 g/mol. The molecule has 0 unspecified atom stereocenters. The zero-order chi connectivity index (χ0) is 14.6. The van der Waals surface area contributed by atoms with Crippen molar-refractivity contribution in [2.45, 2.75) is 37.7 Å². The number of aryl methyl sites for hydroxylation is 2. The Bertz CT molecular complexity index is 515. The Morgan fingerprint density at radius 3 is 2.70 bits per heavy atom. The van der Waals surface area contributed by atoms with E-state index in [4.69, 9.17) is 9.26 Å². The van der Waals surface area contributed by atoms with Crippen molar-refractivity contribution in [3.05, 3.63) is 11.5 Å². The Morgan fingerprint density at radius 2 is 2.10 bits per heavy atom. The molecule has 1 aliphatic rings. The molecule has 0 bridgehead atoms. The molecule has 2 rings (SSSR count). The summed E-state index contributed by atoms with van der Waals surface area (Å²) in [6.45, 7) is 5.71. The van der Waals surface area contributed by atoms with Gasteiger partial charge in [-0.15, -0.1) is 0 Å². The highest BCUT2D eigenvalue weighted by Crippen LogP contribution is 2.18. The molecule has 0 atom stereocenters. The topological polar surface area (TPSA) is 93.5 Å². The van der Waals surface area contributed by atoms with Gasteiger partial charge in [0.1, 0.15) is 10.6 Å². The zero-order valence-corrected chi connectivity index (χ0v) is 12.6. The van der Waals surface area contributed by atoms with Gasteiger partial charge in [-0.1, -0.05) is 5.16 Å². The van der Waals surface area contributed by atoms with Crippen molar-refractivity contribution in [2.75, 3.05) is 26.2 Å². The van der Waals surface area contributed by atoms with Crippen LogP contribution in [0.15, 0.2) is 9.42 Å². The van der Waals surface area contributed by atoms with E-state index in [1.54, 1.807) is 13.8 Å². The van der Waals surface area contributed by atoms with Crippen molar-refractivity contribution in [1.29, 1.82) is 0 Å². The van der Waals surface area contributed by atoms with Gasteiger partial charge in [-0.2, -0.15) is 0 Å². The minimum absolute atomic E-state index is 0.124. The standard InChI is InChI=1S/C12H21N3O4S/c1-9-12(10(2)19-15-9)20(16,17)14-7-8-18-11-3-5-13-6-4-11/h11,13-14H,3-8H2,1-2H3. The lowest BCUT2D eigenvalue weighted by Gasteiger charge is -2.22. The molecule has 0 aliphatic carbocycles. The summed E-state index contributed by atoms with van der Waals surface area (Å²) in [6.07, 6.45) is 2.16. The van der Waals surface area contributed by atoms with Crippen molar-refractivity contribution in [2.24, 2.45) is 0 Å². The molecule has 1 aliphatic heterocycles. The minimum Gasteiger partial charge on any atom is -0.377 e. The Hall–Kier alpha value is -0.960. The van der Waals surface area contributed by atoms with Crippen LogP contribution in [0, 0.1) is 13.8 Å². The van der Waals surface area contributed by atoms with E-state index in [0.717, 1.165) is 25.9 Å². The molecule has 1 aromatic heterocycles. The van der Waals surface area contributed by atoms with E-state index in [1.807, 2.05) is 0 Å². The van der Waals surface area contributed by atoms with E-state index in [9.17, 15) is 8.42 Å². The summed E-state index contributed by atoms with van der Waals surface area (Å²) >= 11 is 0. The summed E-state index contributed by atoms with van der Waals surface area (Å²) in [4.78, 5) is 0.124. The van der Waals surface area contributed by atoms with Gasteiger partial charge in [-0.05, 0) is 39.8 Å². The number of aromatic nitrogens is 1. The summed E-state index contributed by atoms with van der Waals surface area (Å²) in [5.41, 5.74) is 0.370. The van der Waals surface area contributed by atoms with Crippen LogP contribution in [0.3, 0.4) is 0 Å². The molecule has 0 amide bonds. The van der Waals surface area contributed by atoms with Crippen molar-refractivity contribution >= 4 is 10.0 Å². The van der Waals surface area contributed by atoms with Gasteiger partial charge in [0.2, 0.25) is 10.0 Å². The lowest BCUT2D eigenvalue weighted by molar-refractivity contribution is 0.0366. The molecule has 8 heteroatoms. The smallest absolute Gasteiger partial charge is 0.246 e. The van der Waals surface area contributed by atoms with Crippen LogP contribution in [0.25, 0.3) is 0 Å². The van der Waals surface area contributed by atoms with Crippen molar-refractivity contribution in [3.63, 3.8) is 0 Å². The number of nitrogens with zero attached hydrogens (tertiary/aromatic N) is 1. The Balaban J connectivity index is 1.81. The van der Waals surface area contributed by atoms with E-state index in [2.05, 4.69) is 15.2 Å². The highest BCUT2D eigenvalue weighted by atomic mass is 32.2. The molecule has 0 aromatic carbocycles. The molecule has 1 aromatic rings. The van der Waals surface area contributed by atoms with E-state index < -0.39 is 10.0 Å². The van der Waals surface area contributed by atoms with Gasteiger partial charge in [-0.3, -0.25) is 0 Å². The van der Waals surface area contributed by atoms with Crippen molar-refractivity contribution in [1.82, 2.24) is 15.2 Å². The molecular weight excluding hydrogens is 282 g/mol. The number of hydrogen-bond acceptors (Lipinski definition) is 6. The first kappa shape index (κ1) is 15.4. The number of nitrogens with one attached hydrogen (secondary N) is 2. The largest absolute Gasteiger partial charge is 0.377 e. The van der Waals surface area contributed by atoms with E-state index in [0.29, 0.717) is 18.1 Å². The van der Waals surface area contributed by atoms with E-state index >= 15 is 0 Å². The van der Waals surface area contributed by atoms with E-state index in [1.165, 1.54) is 0 Å². The lowest BCUT2D eigenvalue weighted by atomic mass is 10.1. The van der Waals surface area contributed by atoms with E-state index in [-0.39, 0.29) is 17.5 Å². The third kappa shape index (κ3) is 3.78. The van der Waals surface area contributed by atoms with Gasteiger partial charge >= 0.3 is 0 Å². The van der Waals surface area contributed by atoms with Gasteiger partial charge in [0.05, 0.1) is 12.7 Å². The lowest BCUT2D eigenvalue weighted by Crippen LogP contribution is -2.35. The molecule has 1 fully saturated rings. The third-order valence-corrected chi connectivity index (χ3v) is 4.97. The first-order valence-corrected chi connectivity index (χ1v) is 8.24. The molecule has 20 heavy (non-hydrogen) atoms. The van der Waals surface area contributed by atoms with Crippen LogP contribution in [0.2, 0.25) is 0 Å². The van der Waals surface area contributed by atoms with Crippen LogP contribution >= 0.6 is 0 Å². The molecule has 1 saturated heterocycles. The molecule has 2 heterocycles. The molecule has 0 radical (unpaired) electrons. The molecule has 2 N–H and O–H groups in total. The normalized spacial score (nSPS) is 17.5. The molecule has 7 nitrogen and oxygen atoms in total. The monoisotopic (exact) mass is 303 g/mol. The van der Waals surface area contributed by atoms with Gasteiger partial charge < -0.3 is 14.6 Å². The van der Waals surface area contributed by atoms with Crippen LogP contribution < -0.4 is 10.0 Å². The first-order valence-electron chi connectivity index (χ1n) is 6.75. The van der Waals surface area contributed by atoms with Gasteiger partial charge in [0.25, 0.3) is 0 Å². The number of piperidine rings is 1. The molecule has 114 valence electrons. The quantitative estimate of drug-likeness (QED) is 0.736. The number of rotatable bonds is 6. The van der Waals surface area contributed by atoms with Crippen LogP contribution in [-0.2, 0) is 14.8 Å². The second-order valence-electron chi connectivity index (χ2n) is 4.87. The highest BCUT2D eigenvalue weighted by Gasteiger charge is 2.23. The fourth-order valence-electron chi connectivity index (χ4n) is 2.29. The molecular formula is C12H21N3O4S. The maximum Gasteiger partial charge on any atom is 0.246 e. The fourth-order valence-corrected chi connectivity index (χ4v) is 3.63. The van der Waals surface area contributed by atoms with Crippen LogP contribution in [0.4, 0.5) is 0 Å². The van der Waals surface area contributed by atoms with Crippen LogP contribution in [0.1, 0.15) is 24.3 Å². The fraction of sp³-hybridized carbons (Fsp3) is 0.750. The minimum atomic E-state index is -3.58. The Labute approximate surface area is 119 Å². The van der Waals surface area contributed by atoms with Crippen LogP contribution in [0.5, 0.6) is 0 Å². The SMILES string of the molecule is Cc1noc(C)c1S(=O)(=O)NCCOC1CCNCC1. The summed E-state index contributed by atoms with van der Waals surface area (Å²) in [7, 11) is -3.58. The predicted octanol–water partition coefficient (Wildman–Crippen LogP) is 0.338. The zero-order valence-electron chi connectivity index (χ0n) is 11.8. The Morgan fingerprint density at radius 1 is 1.40 bits per heavy atom. The molecule has 0 spiro atoms. The summed E-state index contributed by atoms with van der Waals surface area (Å²) in [5.74, 6) is 0.300. The summed E-state index contributed by atoms with van der Waals surface area (Å²) in [6, 6.07) is 0. The maximum atomic E-state index is 12.1. The van der Waals surface area contributed by atoms with Gasteiger partial charge in [0, 0.05) is 6.54 Å². The third-order valence-electron chi connectivity index (χ3n) is 3.27. The summed E-state index contributed by atoms with van der Waals surface area (Å²) < 4.78 is 37.3. The number of hydrogen-bond donors (Lipinski definition) is 2. The second-order valence-corrected chi connectivity index (χ2v) is 6.58. The predicted molar refractivity (Wildman–Crippen MR) is 73.0 cm³/mol. The number of sulfonamides is 1. The molecule has 0 saturated carbocycles. The maximum absolute atomic E-state index is 12.1. The highest BCUT2D eigenvalue weighted by molar-refractivity contribution is 7.89. The van der Waals surface area contributed by atoms with Crippen molar-refractivity contribution < 1.29 is 17.7 Å². The van der Waals surface area contributed by atoms with Crippen LogP contribution in [-0.4, -0.2) is 45.9 Å².